The van der Waals surface area contributed by atoms with E-state index in [4.69, 9.17) is 4.74 Å². The van der Waals surface area contributed by atoms with Crippen LogP contribution in [0.15, 0.2) is 0 Å². The van der Waals surface area contributed by atoms with Gasteiger partial charge in [-0.15, -0.1) is 0 Å². The van der Waals surface area contributed by atoms with E-state index < -0.39 is 0 Å². The maximum absolute atomic E-state index is 11.9. The molecular weight excluding hydrogens is 218 g/mol. The molecule has 1 atom stereocenters. The minimum atomic E-state index is 0.298. The molecule has 2 rings (SSSR count). The normalized spacial score (nSPS) is 26.4. The Morgan fingerprint density at radius 1 is 1.35 bits per heavy atom. The number of piperazine rings is 1. The summed E-state index contributed by atoms with van der Waals surface area (Å²) in [6.07, 6.45) is 2.11. The Morgan fingerprint density at radius 3 is 2.76 bits per heavy atom. The fourth-order valence-corrected chi connectivity index (χ4v) is 2.52. The molecule has 1 N–H and O–H groups in total. The lowest BCUT2D eigenvalue weighted by Gasteiger charge is -2.28. The van der Waals surface area contributed by atoms with Crippen LogP contribution in [-0.4, -0.2) is 74.7 Å². The smallest absolute Gasteiger partial charge is 0.223 e. The lowest BCUT2D eigenvalue weighted by Crippen LogP contribution is -2.47. The van der Waals surface area contributed by atoms with Gasteiger partial charge in [0.25, 0.3) is 0 Å². The third kappa shape index (κ3) is 3.66. The molecule has 0 aromatic heterocycles. The largest absolute Gasteiger partial charge is 0.380 e. The molecule has 0 unspecified atom stereocenters. The molecule has 17 heavy (non-hydrogen) atoms. The number of carbonyl (C=O) groups is 1. The lowest BCUT2D eigenvalue weighted by molar-refractivity contribution is -0.132. The fraction of sp³-hybridized carbons (Fsp3) is 0.917. The third-order valence-electron chi connectivity index (χ3n) is 3.67. The molecule has 5 heteroatoms. The van der Waals surface area contributed by atoms with E-state index in [0.717, 1.165) is 52.2 Å². The minimum absolute atomic E-state index is 0.298. The van der Waals surface area contributed by atoms with Gasteiger partial charge < -0.3 is 19.9 Å². The minimum Gasteiger partial charge on any atom is -0.380 e. The Balaban J connectivity index is 1.65. The SMILES string of the molecule is CO[C@H]1CCN(CCC(=O)N2CCNCC2)C1. The molecule has 0 aliphatic carbocycles. The van der Waals surface area contributed by atoms with E-state index in [-0.39, 0.29) is 0 Å². The first-order chi connectivity index (χ1) is 8.29. The Labute approximate surface area is 103 Å². The van der Waals surface area contributed by atoms with Crippen LogP contribution in [-0.2, 0) is 9.53 Å². The Bertz CT molecular complexity index is 254. The summed E-state index contributed by atoms with van der Waals surface area (Å²) in [5.74, 6) is 0.298. The standard InChI is InChI=1S/C12H23N3O2/c1-17-11-2-6-14(10-11)7-3-12(16)15-8-4-13-5-9-15/h11,13H,2-10H2,1H3/t11-/m0/s1. The van der Waals surface area contributed by atoms with E-state index in [1.54, 1.807) is 7.11 Å². The van der Waals surface area contributed by atoms with Crippen LogP contribution in [0.4, 0.5) is 0 Å². The van der Waals surface area contributed by atoms with Crippen molar-refractivity contribution in [2.24, 2.45) is 0 Å². The first-order valence-corrected chi connectivity index (χ1v) is 6.53. The van der Waals surface area contributed by atoms with Crippen LogP contribution in [0.5, 0.6) is 0 Å². The van der Waals surface area contributed by atoms with Crippen molar-refractivity contribution in [3.63, 3.8) is 0 Å². The van der Waals surface area contributed by atoms with Crippen molar-refractivity contribution in [3.8, 4) is 0 Å². The molecule has 0 spiro atoms. The zero-order chi connectivity index (χ0) is 12.1. The van der Waals surface area contributed by atoms with Gasteiger partial charge in [-0.25, -0.2) is 0 Å². The summed E-state index contributed by atoms with van der Waals surface area (Å²) >= 11 is 0. The van der Waals surface area contributed by atoms with Crippen LogP contribution in [0.1, 0.15) is 12.8 Å². The van der Waals surface area contributed by atoms with Gasteiger partial charge in [-0.2, -0.15) is 0 Å². The monoisotopic (exact) mass is 241 g/mol. The van der Waals surface area contributed by atoms with E-state index >= 15 is 0 Å². The summed E-state index contributed by atoms with van der Waals surface area (Å²) in [7, 11) is 1.76. The molecular formula is C12H23N3O2. The fourth-order valence-electron chi connectivity index (χ4n) is 2.52. The van der Waals surface area contributed by atoms with Crippen molar-refractivity contribution >= 4 is 5.91 Å². The van der Waals surface area contributed by atoms with E-state index in [1.807, 2.05) is 4.90 Å². The maximum atomic E-state index is 11.9. The first-order valence-electron chi connectivity index (χ1n) is 6.53. The number of nitrogens with zero attached hydrogens (tertiary/aromatic N) is 2. The molecule has 1 amide bonds. The van der Waals surface area contributed by atoms with Gasteiger partial charge in [-0.3, -0.25) is 4.79 Å². The van der Waals surface area contributed by atoms with Gasteiger partial charge in [0.1, 0.15) is 0 Å². The molecule has 2 saturated heterocycles. The highest BCUT2D eigenvalue weighted by Crippen LogP contribution is 2.12. The van der Waals surface area contributed by atoms with Crippen molar-refractivity contribution in [1.29, 1.82) is 0 Å². The van der Waals surface area contributed by atoms with Crippen LogP contribution < -0.4 is 5.32 Å². The predicted octanol–water partition coefficient (Wildman–Crippen LogP) is -0.471. The topological polar surface area (TPSA) is 44.8 Å². The van der Waals surface area contributed by atoms with Gasteiger partial charge in [0.15, 0.2) is 0 Å². The van der Waals surface area contributed by atoms with Gasteiger partial charge in [0.05, 0.1) is 6.10 Å². The molecule has 98 valence electrons. The zero-order valence-corrected chi connectivity index (χ0v) is 10.7. The summed E-state index contributed by atoms with van der Waals surface area (Å²) in [4.78, 5) is 16.2. The second-order valence-electron chi connectivity index (χ2n) is 4.83. The number of hydrogen-bond acceptors (Lipinski definition) is 4. The van der Waals surface area contributed by atoms with Gasteiger partial charge in [0, 0.05) is 59.3 Å². The Kier molecular flexibility index (Phi) is 4.76. The summed E-state index contributed by atoms with van der Waals surface area (Å²) in [5, 5.41) is 3.26. The second-order valence-corrected chi connectivity index (χ2v) is 4.83. The number of hydrogen-bond donors (Lipinski definition) is 1. The predicted molar refractivity (Wildman–Crippen MR) is 65.9 cm³/mol. The molecule has 2 fully saturated rings. The van der Waals surface area contributed by atoms with Crippen LogP contribution >= 0.6 is 0 Å². The van der Waals surface area contributed by atoms with E-state index in [9.17, 15) is 4.79 Å². The van der Waals surface area contributed by atoms with Crippen molar-refractivity contribution in [2.45, 2.75) is 18.9 Å². The average molecular weight is 241 g/mol. The van der Waals surface area contributed by atoms with Crippen LogP contribution in [0.3, 0.4) is 0 Å². The van der Waals surface area contributed by atoms with Gasteiger partial charge >= 0.3 is 0 Å². The molecule has 0 radical (unpaired) electrons. The summed E-state index contributed by atoms with van der Waals surface area (Å²) in [5.41, 5.74) is 0. The maximum Gasteiger partial charge on any atom is 0.223 e. The molecule has 0 saturated carbocycles. The number of nitrogens with one attached hydrogen (secondary N) is 1. The van der Waals surface area contributed by atoms with Gasteiger partial charge in [-0.1, -0.05) is 0 Å². The average Bonchev–Trinajstić information content (AvgIpc) is 2.85. The van der Waals surface area contributed by atoms with Crippen LogP contribution in [0.25, 0.3) is 0 Å². The van der Waals surface area contributed by atoms with E-state index in [2.05, 4.69) is 10.2 Å². The van der Waals surface area contributed by atoms with Gasteiger partial charge in [0.2, 0.25) is 5.91 Å². The second kappa shape index (κ2) is 6.33. The van der Waals surface area contributed by atoms with E-state index in [1.165, 1.54) is 0 Å². The molecule has 0 aromatic rings. The van der Waals surface area contributed by atoms with Crippen molar-refractivity contribution in [2.75, 3.05) is 52.9 Å². The summed E-state index contributed by atoms with van der Waals surface area (Å²) in [6.45, 7) is 6.50. The highest BCUT2D eigenvalue weighted by atomic mass is 16.5. The van der Waals surface area contributed by atoms with E-state index in [0.29, 0.717) is 18.4 Å². The van der Waals surface area contributed by atoms with Crippen LogP contribution in [0, 0.1) is 0 Å². The summed E-state index contributed by atoms with van der Waals surface area (Å²) < 4.78 is 5.32. The number of likely N-dealkylation sites (tertiary alicyclic amines) is 1. The number of amides is 1. The zero-order valence-electron chi connectivity index (χ0n) is 10.7. The quantitative estimate of drug-likeness (QED) is 0.723. The number of carbonyl (C=O) groups excluding carboxylic acids is 1. The van der Waals surface area contributed by atoms with Crippen molar-refractivity contribution in [3.05, 3.63) is 0 Å². The first kappa shape index (κ1) is 12.8. The highest BCUT2D eigenvalue weighted by molar-refractivity contribution is 5.76. The Morgan fingerprint density at radius 2 is 2.12 bits per heavy atom. The molecule has 0 bridgehead atoms. The van der Waals surface area contributed by atoms with Crippen molar-refractivity contribution in [1.82, 2.24) is 15.1 Å². The molecule has 2 heterocycles. The number of rotatable bonds is 4. The lowest BCUT2D eigenvalue weighted by atomic mass is 10.3. The highest BCUT2D eigenvalue weighted by Gasteiger charge is 2.23. The van der Waals surface area contributed by atoms with Gasteiger partial charge in [-0.05, 0) is 6.42 Å². The molecule has 0 aromatic carbocycles. The van der Waals surface area contributed by atoms with Crippen molar-refractivity contribution < 1.29 is 9.53 Å². The Hall–Kier alpha value is -0.650. The third-order valence-corrected chi connectivity index (χ3v) is 3.67. The number of ether oxygens (including phenoxy) is 1. The molecule has 5 nitrogen and oxygen atoms in total. The number of methoxy groups -OCH3 is 1. The summed E-state index contributed by atoms with van der Waals surface area (Å²) in [6, 6.07) is 0. The van der Waals surface area contributed by atoms with Crippen LogP contribution in [0.2, 0.25) is 0 Å². The molecule has 2 aliphatic heterocycles. The molecule has 2 aliphatic rings.